The second-order valence-electron chi connectivity index (χ2n) is 8.88. The Bertz CT molecular complexity index is 2680. The fourth-order valence-electron chi connectivity index (χ4n) is 5.24. The monoisotopic (exact) mass is 481 g/mol. The van der Waals surface area contributed by atoms with Gasteiger partial charge in [0.05, 0.1) is 15.1 Å². The molecule has 172 valence electrons. The van der Waals surface area contributed by atoms with Crippen molar-refractivity contribution < 1.29 is 19.5 Å². The van der Waals surface area contributed by atoms with Crippen molar-refractivity contribution >= 4 is 54.3 Å². The molecule has 0 unspecified atom stereocenters. The van der Waals surface area contributed by atoms with E-state index in [-0.39, 0.29) is 63.3 Å². The van der Waals surface area contributed by atoms with Crippen molar-refractivity contribution in [1.29, 1.82) is 0 Å². The van der Waals surface area contributed by atoms with E-state index in [1.54, 1.807) is 12.1 Å². The van der Waals surface area contributed by atoms with Crippen LogP contribution in [0.4, 0.5) is 0 Å². The summed E-state index contributed by atoms with van der Waals surface area (Å²) in [6.07, 6.45) is 0. The molecule has 8 aromatic rings. The molecule has 1 aromatic heterocycles. The highest BCUT2D eigenvalue weighted by Gasteiger charge is 2.17. The Morgan fingerprint density at radius 3 is 1.81 bits per heavy atom. The number of furan rings is 1. The van der Waals surface area contributed by atoms with Gasteiger partial charge in [0.1, 0.15) is 11.2 Å². The third kappa shape index (κ3) is 3.04. The number of benzene rings is 7. The van der Waals surface area contributed by atoms with E-state index in [1.165, 1.54) is 12.1 Å². The van der Waals surface area contributed by atoms with Crippen LogP contribution in [0.5, 0.6) is 0 Å². The first-order valence-corrected chi connectivity index (χ1v) is 11.8. The lowest BCUT2D eigenvalue weighted by Gasteiger charge is -2.18. The summed E-state index contributed by atoms with van der Waals surface area (Å²) in [5, 5.41) is 3.62. The smallest absolute Gasteiger partial charge is 0.135 e. The van der Waals surface area contributed by atoms with Gasteiger partial charge in [0.15, 0.2) is 0 Å². The maximum absolute atomic E-state index is 9.47. The zero-order valence-electron chi connectivity index (χ0n) is 30.3. The van der Waals surface area contributed by atoms with E-state index in [0.29, 0.717) is 27.1 Å². The molecule has 0 atom stereocenters. The van der Waals surface area contributed by atoms with Crippen LogP contribution in [0.1, 0.15) is 15.1 Å². The van der Waals surface area contributed by atoms with Crippen LogP contribution in [0.15, 0.2) is 138 Å². The minimum atomic E-state index is -0.531. The van der Waals surface area contributed by atoms with Gasteiger partial charge in [-0.3, -0.25) is 0 Å². The van der Waals surface area contributed by atoms with Crippen LogP contribution in [0, 0.1) is 0 Å². The number of para-hydroxylation sites is 1. The molecule has 0 radical (unpaired) electrons. The molecule has 8 rings (SSSR count). The summed E-state index contributed by atoms with van der Waals surface area (Å²) in [7, 11) is 0. The summed E-state index contributed by atoms with van der Waals surface area (Å²) in [5.41, 5.74) is 1.14. The van der Waals surface area contributed by atoms with Crippen molar-refractivity contribution in [2.45, 2.75) is 0 Å². The van der Waals surface area contributed by atoms with Gasteiger partial charge in [-0.2, -0.15) is 0 Å². The van der Waals surface area contributed by atoms with Gasteiger partial charge in [-0.05, 0) is 78.8 Å². The Hall–Kier alpha value is -4.88. The molecular weight excluding hydrogens is 448 g/mol. The topological polar surface area (TPSA) is 13.1 Å². The fourth-order valence-corrected chi connectivity index (χ4v) is 5.24. The predicted octanol–water partition coefficient (Wildman–Crippen LogP) is 10.4. The molecule has 0 fully saturated rings. The van der Waals surface area contributed by atoms with Crippen molar-refractivity contribution in [1.82, 2.24) is 0 Å². The van der Waals surface area contributed by atoms with Gasteiger partial charge >= 0.3 is 0 Å². The minimum absolute atomic E-state index is 0.0562. The third-order valence-corrected chi connectivity index (χ3v) is 6.86. The van der Waals surface area contributed by atoms with Gasteiger partial charge in [0, 0.05) is 10.8 Å². The largest absolute Gasteiger partial charge is 0.456 e. The van der Waals surface area contributed by atoms with Gasteiger partial charge < -0.3 is 4.42 Å². The van der Waals surface area contributed by atoms with E-state index < -0.39 is 36.3 Å². The fraction of sp³-hybridized carbons (Fsp3) is 0. The van der Waals surface area contributed by atoms with E-state index in [4.69, 9.17) is 18.1 Å². The van der Waals surface area contributed by atoms with Crippen LogP contribution in [-0.2, 0) is 0 Å². The second kappa shape index (κ2) is 7.81. The minimum Gasteiger partial charge on any atom is -0.456 e. The first-order chi connectivity index (χ1) is 22.9. The summed E-state index contributed by atoms with van der Waals surface area (Å²) in [6, 6.07) is 16.2. The van der Waals surface area contributed by atoms with Crippen LogP contribution in [0.25, 0.3) is 76.5 Å². The summed E-state index contributed by atoms with van der Waals surface area (Å²) >= 11 is 0. The molecule has 37 heavy (non-hydrogen) atoms. The lowest BCUT2D eigenvalue weighted by Crippen LogP contribution is -1.91. The molecule has 1 heteroatoms. The molecule has 1 heterocycles. The normalized spacial score (nSPS) is 15.9. The maximum Gasteiger partial charge on any atom is 0.135 e. The molecule has 7 aromatic carbocycles. The number of hydrogen-bond acceptors (Lipinski definition) is 1. The van der Waals surface area contributed by atoms with E-state index >= 15 is 0 Å². The summed E-state index contributed by atoms with van der Waals surface area (Å²) in [5.74, 6) is 0. The maximum atomic E-state index is 9.47. The zero-order chi connectivity index (χ0) is 33.9. The highest BCUT2D eigenvalue weighted by Crippen LogP contribution is 2.45. The highest BCUT2D eigenvalue weighted by atomic mass is 16.3. The summed E-state index contributed by atoms with van der Waals surface area (Å²) in [4.78, 5) is 0. The molecule has 0 amide bonds. The van der Waals surface area contributed by atoms with Gasteiger partial charge in [-0.25, -0.2) is 0 Å². The third-order valence-electron chi connectivity index (χ3n) is 6.86. The van der Waals surface area contributed by atoms with Crippen LogP contribution in [0.2, 0.25) is 0 Å². The Morgan fingerprint density at radius 1 is 0.459 bits per heavy atom. The van der Waals surface area contributed by atoms with Crippen LogP contribution in [-0.4, -0.2) is 0 Å². The first-order valence-electron chi connectivity index (χ1n) is 17.3. The van der Waals surface area contributed by atoms with Crippen molar-refractivity contribution in [2.75, 3.05) is 0 Å². The van der Waals surface area contributed by atoms with E-state index in [2.05, 4.69) is 0 Å². The molecule has 0 spiro atoms. The first kappa shape index (κ1) is 12.4. The molecule has 0 aliphatic carbocycles. The Morgan fingerprint density at radius 2 is 1.08 bits per heavy atom. The van der Waals surface area contributed by atoms with Crippen molar-refractivity contribution in [3.8, 4) is 22.3 Å². The van der Waals surface area contributed by atoms with E-state index in [1.807, 2.05) is 42.5 Å². The van der Waals surface area contributed by atoms with E-state index in [0.717, 1.165) is 16.3 Å². The molecule has 0 aliphatic rings. The number of hydrogen-bond donors (Lipinski definition) is 0. The van der Waals surface area contributed by atoms with Crippen LogP contribution >= 0.6 is 0 Å². The highest BCUT2D eigenvalue weighted by molar-refractivity contribution is 6.22. The Kier molecular flexibility index (Phi) is 2.61. The average molecular weight is 482 g/mol. The summed E-state index contributed by atoms with van der Waals surface area (Å²) < 4.78 is 101. The standard InChI is InChI=1S/C36H22O/c1-2-10-24-21-25(18-17-23(24)9-1)35-28-12-3-5-14-30(28)36(31-15-6-4-13-29(31)35)26-19-20-34-32(22-26)27-11-7-8-16-33(27)37-34/h1-22H/i3D,4D,5D,6D,7D,8D,11D,16D,19D,20D,22D. The SMILES string of the molecule is [2H]c1cc2c(-c3ccc4ccccc4c3)c3cc([2H])c([2H])cc3c(-c3c([2H])c([2H])c4oc5c([2H])c([2H])c([2H])c([2H])c5c4c3[2H])c2cc1[2H]. The Labute approximate surface area is 229 Å². The lowest BCUT2D eigenvalue weighted by atomic mass is 9.85. The summed E-state index contributed by atoms with van der Waals surface area (Å²) in [6.45, 7) is 0. The molecule has 0 N–H and O–H groups in total. The van der Waals surface area contributed by atoms with Gasteiger partial charge in [-0.1, -0.05) is 109 Å². The second-order valence-corrected chi connectivity index (χ2v) is 8.88. The van der Waals surface area contributed by atoms with Crippen molar-refractivity contribution in [3.05, 3.63) is 133 Å². The van der Waals surface area contributed by atoms with Gasteiger partial charge in [0.2, 0.25) is 0 Å². The molecule has 0 bridgehead atoms. The van der Waals surface area contributed by atoms with Gasteiger partial charge in [0.25, 0.3) is 0 Å². The number of rotatable bonds is 2. The van der Waals surface area contributed by atoms with Crippen molar-refractivity contribution in [2.24, 2.45) is 0 Å². The van der Waals surface area contributed by atoms with Gasteiger partial charge in [-0.15, -0.1) is 0 Å². The molecule has 0 saturated carbocycles. The zero-order valence-corrected chi connectivity index (χ0v) is 19.3. The quantitative estimate of drug-likeness (QED) is 0.224. The predicted molar refractivity (Wildman–Crippen MR) is 157 cm³/mol. The molecular formula is C36H22O. The number of fused-ring (bicyclic) bond motifs is 6. The van der Waals surface area contributed by atoms with Crippen LogP contribution < -0.4 is 0 Å². The van der Waals surface area contributed by atoms with Crippen molar-refractivity contribution in [3.63, 3.8) is 0 Å². The average Bonchev–Trinajstić information content (AvgIpc) is 3.48. The lowest BCUT2D eigenvalue weighted by molar-refractivity contribution is 0.669. The Balaban J connectivity index is 1.62. The molecule has 1 nitrogen and oxygen atoms in total. The van der Waals surface area contributed by atoms with E-state index in [9.17, 15) is 1.37 Å². The molecule has 0 aliphatic heterocycles. The van der Waals surface area contributed by atoms with Crippen LogP contribution in [0.3, 0.4) is 0 Å². The molecule has 0 saturated heterocycles.